The van der Waals surface area contributed by atoms with Crippen LogP contribution in [-0.2, 0) is 14.3 Å². The molecule has 3 amide bonds. The second-order valence-corrected chi connectivity index (χ2v) is 4.94. The first-order valence-corrected chi connectivity index (χ1v) is 5.80. The summed E-state index contributed by atoms with van der Waals surface area (Å²) in [5.74, 6) is -0.616. The molecule has 0 radical (unpaired) electrons. The van der Waals surface area contributed by atoms with Crippen LogP contribution in [0, 0.1) is 0 Å². The lowest BCUT2D eigenvalue weighted by Gasteiger charge is -2.20. The SMILES string of the molecule is CC(C)(C)OC(=O)NCCCN1C(=O)C=CC1=O. The number of hydrogen-bond donors (Lipinski definition) is 1. The van der Waals surface area contributed by atoms with Gasteiger partial charge in [0.15, 0.2) is 0 Å². The smallest absolute Gasteiger partial charge is 0.407 e. The van der Waals surface area contributed by atoms with Gasteiger partial charge in [-0.05, 0) is 27.2 Å². The quantitative estimate of drug-likeness (QED) is 0.595. The Bertz CT molecular complexity index is 364. The Morgan fingerprint density at radius 2 is 1.83 bits per heavy atom. The largest absolute Gasteiger partial charge is 0.444 e. The summed E-state index contributed by atoms with van der Waals surface area (Å²) in [7, 11) is 0. The van der Waals surface area contributed by atoms with Crippen molar-refractivity contribution in [3.8, 4) is 0 Å². The third-order valence-electron chi connectivity index (χ3n) is 2.13. The van der Waals surface area contributed by atoms with Gasteiger partial charge in [-0.1, -0.05) is 0 Å². The van der Waals surface area contributed by atoms with E-state index in [0.29, 0.717) is 19.5 Å². The standard InChI is InChI=1S/C12H18N2O4/c1-12(2,3)18-11(17)13-7-4-8-14-9(15)5-6-10(14)16/h5-6H,4,7-8H2,1-3H3,(H,13,17). The van der Waals surface area contributed by atoms with E-state index in [1.165, 1.54) is 12.2 Å². The normalized spacial score (nSPS) is 15.2. The molecule has 1 heterocycles. The molecule has 0 aromatic rings. The Balaban J connectivity index is 2.18. The predicted octanol–water partition coefficient (Wildman–Crippen LogP) is 0.826. The van der Waals surface area contributed by atoms with Crippen molar-refractivity contribution in [2.75, 3.05) is 13.1 Å². The van der Waals surface area contributed by atoms with E-state index >= 15 is 0 Å². The Kier molecular flexibility index (Phi) is 4.47. The summed E-state index contributed by atoms with van der Waals surface area (Å²) in [6.07, 6.45) is 2.48. The van der Waals surface area contributed by atoms with Gasteiger partial charge in [0.2, 0.25) is 0 Å². The van der Waals surface area contributed by atoms with Crippen LogP contribution < -0.4 is 5.32 Å². The van der Waals surface area contributed by atoms with Crippen molar-refractivity contribution < 1.29 is 19.1 Å². The molecule has 0 bridgehead atoms. The zero-order valence-corrected chi connectivity index (χ0v) is 10.9. The van der Waals surface area contributed by atoms with Gasteiger partial charge in [0, 0.05) is 25.2 Å². The summed E-state index contributed by atoms with van der Waals surface area (Å²) in [6.45, 7) is 5.98. The molecule has 18 heavy (non-hydrogen) atoms. The van der Waals surface area contributed by atoms with Gasteiger partial charge in [-0.3, -0.25) is 14.5 Å². The molecule has 1 aliphatic rings. The predicted molar refractivity (Wildman–Crippen MR) is 64.7 cm³/mol. The van der Waals surface area contributed by atoms with Crippen molar-refractivity contribution in [1.82, 2.24) is 10.2 Å². The highest BCUT2D eigenvalue weighted by atomic mass is 16.6. The van der Waals surface area contributed by atoms with E-state index in [1.54, 1.807) is 20.8 Å². The van der Waals surface area contributed by atoms with Crippen molar-refractivity contribution >= 4 is 17.9 Å². The number of carbonyl (C=O) groups is 3. The molecule has 6 heteroatoms. The molecule has 6 nitrogen and oxygen atoms in total. The Hall–Kier alpha value is -1.85. The van der Waals surface area contributed by atoms with E-state index in [-0.39, 0.29) is 11.8 Å². The van der Waals surface area contributed by atoms with Crippen LogP contribution in [0.3, 0.4) is 0 Å². The van der Waals surface area contributed by atoms with Gasteiger partial charge in [0.25, 0.3) is 11.8 Å². The lowest BCUT2D eigenvalue weighted by Crippen LogP contribution is -2.36. The van der Waals surface area contributed by atoms with E-state index in [2.05, 4.69) is 5.32 Å². The molecule has 0 saturated carbocycles. The van der Waals surface area contributed by atoms with E-state index in [1.807, 2.05) is 0 Å². The molecule has 0 spiro atoms. The lowest BCUT2D eigenvalue weighted by atomic mass is 10.2. The third-order valence-corrected chi connectivity index (χ3v) is 2.13. The molecule has 0 saturated heterocycles. The van der Waals surface area contributed by atoms with Crippen LogP contribution in [0.5, 0.6) is 0 Å². The average molecular weight is 254 g/mol. The van der Waals surface area contributed by atoms with Gasteiger partial charge in [0.05, 0.1) is 0 Å². The summed E-state index contributed by atoms with van der Waals surface area (Å²) in [5, 5.41) is 2.56. The van der Waals surface area contributed by atoms with Crippen LogP contribution in [0.2, 0.25) is 0 Å². The highest BCUT2D eigenvalue weighted by Crippen LogP contribution is 2.06. The molecule has 1 rings (SSSR count). The average Bonchev–Trinajstić information content (AvgIpc) is 2.52. The third kappa shape index (κ3) is 4.57. The lowest BCUT2D eigenvalue weighted by molar-refractivity contribution is -0.136. The van der Waals surface area contributed by atoms with E-state index in [9.17, 15) is 14.4 Å². The number of rotatable bonds is 4. The highest BCUT2D eigenvalue weighted by molar-refractivity contribution is 6.12. The fraction of sp³-hybridized carbons (Fsp3) is 0.583. The topological polar surface area (TPSA) is 75.7 Å². The van der Waals surface area contributed by atoms with Gasteiger partial charge < -0.3 is 10.1 Å². The maximum Gasteiger partial charge on any atom is 0.407 e. The number of nitrogens with zero attached hydrogens (tertiary/aromatic N) is 1. The molecule has 0 aromatic carbocycles. The zero-order chi connectivity index (χ0) is 13.8. The van der Waals surface area contributed by atoms with Crippen molar-refractivity contribution in [1.29, 1.82) is 0 Å². The summed E-state index contributed by atoms with van der Waals surface area (Å²) in [4.78, 5) is 34.8. The first-order chi connectivity index (χ1) is 8.29. The van der Waals surface area contributed by atoms with Gasteiger partial charge in [-0.25, -0.2) is 4.79 Å². The molecule has 0 unspecified atom stereocenters. The van der Waals surface area contributed by atoms with Gasteiger partial charge in [0.1, 0.15) is 5.60 Å². The number of carbonyl (C=O) groups excluding carboxylic acids is 3. The van der Waals surface area contributed by atoms with Crippen molar-refractivity contribution in [3.05, 3.63) is 12.2 Å². The Morgan fingerprint density at radius 1 is 1.28 bits per heavy atom. The molecule has 1 aliphatic heterocycles. The van der Waals surface area contributed by atoms with Gasteiger partial charge in [-0.2, -0.15) is 0 Å². The molecular formula is C12H18N2O4. The number of alkyl carbamates (subject to hydrolysis) is 1. The molecule has 100 valence electrons. The summed E-state index contributed by atoms with van der Waals surface area (Å²) < 4.78 is 5.04. The first kappa shape index (κ1) is 14.2. The van der Waals surface area contributed by atoms with Crippen LogP contribution in [0.4, 0.5) is 4.79 Å². The number of hydrogen-bond acceptors (Lipinski definition) is 4. The zero-order valence-electron chi connectivity index (χ0n) is 10.9. The maximum absolute atomic E-state index is 11.3. The molecule has 0 aromatic heterocycles. The number of ether oxygens (including phenoxy) is 1. The number of amides is 3. The first-order valence-electron chi connectivity index (χ1n) is 5.80. The van der Waals surface area contributed by atoms with Gasteiger partial charge >= 0.3 is 6.09 Å². The fourth-order valence-electron chi connectivity index (χ4n) is 1.39. The van der Waals surface area contributed by atoms with Crippen LogP contribution in [-0.4, -0.2) is 41.5 Å². The van der Waals surface area contributed by atoms with Crippen LogP contribution in [0.1, 0.15) is 27.2 Å². The molecule has 0 fully saturated rings. The van der Waals surface area contributed by atoms with Crippen LogP contribution in [0.15, 0.2) is 12.2 Å². The maximum atomic E-state index is 11.3. The molecule has 0 atom stereocenters. The molecule has 1 N–H and O–H groups in total. The Morgan fingerprint density at radius 3 is 2.33 bits per heavy atom. The van der Waals surface area contributed by atoms with Gasteiger partial charge in [-0.15, -0.1) is 0 Å². The minimum atomic E-state index is -0.533. The second kappa shape index (κ2) is 5.66. The number of nitrogens with one attached hydrogen (secondary N) is 1. The minimum Gasteiger partial charge on any atom is -0.444 e. The second-order valence-electron chi connectivity index (χ2n) is 4.94. The summed E-state index contributed by atoms with van der Waals surface area (Å²) in [6, 6.07) is 0. The summed E-state index contributed by atoms with van der Waals surface area (Å²) in [5.41, 5.74) is -0.533. The fourth-order valence-corrected chi connectivity index (χ4v) is 1.39. The summed E-state index contributed by atoms with van der Waals surface area (Å²) >= 11 is 0. The van der Waals surface area contributed by atoms with E-state index in [0.717, 1.165) is 4.90 Å². The number of imide groups is 1. The highest BCUT2D eigenvalue weighted by Gasteiger charge is 2.22. The van der Waals surface area contributed by atoms with Crippen molar-refractivity contribution in [2.45, 2.75) is 32.8 Å². The van der Waals surface area contributed by atoms with Crippen LogP contribution in [0.25, 0.3) is 0 Å². The minimum absolute atomic E-state index is 0.292. The molecule has 0 aliphatic carbocycles. The monoisotopic (exact) mass is 254 g/mol. The van der Waals surface area contributed by atoms with Crippen molar-refractivity contribution in [3.63, 3.8) is 0 Å². The Labute approximate surface area is 106 Å². The van der Waals surface area contributed by atoms with E-state index < -0.39 is 11.7 Å². The van der Waals surface area contributed by atoms with Crippen LogP contribution >= 0.6 is 0 Å². The van der Waals surface area contributed by atoms with E-state index in [4.69, 9.17) is 4.74 Å². The van der Waals surface area contributed by atoms with Crippen molar-refractivity contribution in [2.24, 2.45) is 0 Å². The molecular weight excluding hydrogens is 236 g/mol.